The summed E-state index contributed by atoms with van der Waals surface area (Å²) in [7, 11) is 0. The number of fused-ring (bicyclic) bond motifs is 1. The Bertz CT molecular complexity index is 558. The van der Waals surface area contributed by atoms with Gasteiger partial charge in [0.05, 0.1) is 23.4 Å². The lowest BCUT2D eigenvalue weighted by Gasteiger charge is -2.05. The van der Waals surface area contributed by atoms with E-state index in [4.69, 9.17) is 4.74 Å². The number of pyridine rings is 1. The van der Waals surface area contributed by atoms with Crippen LogP contribution in [-0.4, -0.2) is 22.2 Å². The summed E-state index contributed by atoms with van der Waals surface area (Å²) in [6.45, 7) is 6.19. The largest absolute Gasteiger partial charge is 0.462 e. The monoisotopic (exact) mass is 232 g/mol. The Hall–Kier alpha value is -1.84. The van der Waals surface area contributed by atoms with E-state index in [1.165, 1.54) is 0 Å². The average Bonchev–Trinajstić information content (AvgIpc) is 2.74. The van der Waals surface area contributed by atoms with Crippen LogP contribution in [0.15, 0.2) is 18.2 Å². The fourth-order valence-electron chi connectivity index (χ4n) is 1.80. The minimum Gasteiger partial charge on any atom is -0.462 e. The van der Waals surface area contributed by atoms with Gasteiger partial charge in [0.2, 0.25) is 0 Å². The van der Waals surface area contributed by atoms with Gasteiger partial charge in [-0.25, -0.2) is 9.31 Å². The Morgan fingerprint density at radius 2 is 2.18 bits per heavy atom. The number of ether oxygens (including phenoxy) is 1. The van der Waals surface area contributed by atoms with Crippen molar-refractivity contribution in [2.45, 2.75) is 27.2 Å². The molecule has 0 saturated heterocycles. The van der Waals surface area contributed by atoms with Crippen molar-refractivity contribution in [3.05, 3.63) is 35.2 Å². The molecule has 0 aliphatic heterocycles. The van der Waals surface area contributed by atoms with Crippen molar-refractivity contribution in [3.8, 4) is 0 Å². The van der Waals surface area contributed by atoms with Crippen molar-refractivity contribution < 1.29 is 9.53 Å². The van der Waals surface area contributed by atoms with Crippen LogP contribution in [0.3, 0.4) is 0 Å². The first-order chi connectivity index (χ1) is 8.17. The summed E-state index contributed by atoms with van der Waals surface area (Å²) in [6, 6.07) is 5.62. The van der Waals surface area contributed by atoms with Gasteiger partial charge in [-0.1, -0.05) is 6.92 Å². The first kappa shape index (κ1) is 11.6. The summed E-state index contributed by atoms with van der Waals surface area (Å²) in [5, 5.41) is 4.44. The highest BCUT2D eigenvalue weighted by atomic mass is 16.5. The highest BCUT2D eigenvalue weighted by Gasteiger charge is 2.14. The molecule has 0 aliphatic rings. The number of aryl methyl sites for hydroxylation is 2. The molecular formula is C13H16N2O2. The molecule has 4 nitrogen and oxygen atoms in total. The van der Waals surface area contributed by atoms with Crippen molar-refractivity contribution in [1.29, 1.82) is 0 Å². The predicted octanol–water partition coefficient (Wildman–Crippen LogP) is 2.38. The highest BCUT2D eigenvalue weighted by molar-refractivity contribution is 5.97. The summed E-state index contributed by atoms with van der Waals surface area (Å²) in [6.07, 6.45) is 0.851. The highest BCUT2D eigenvalue weighted by Crippen LogP contribution is 2.16. The predicted molar refractivity (Wildman–Crippen MR) is 65.3 cm³/mol. The molecule has 0 fully saturated rings. The second-order valence-electron chi connectivity index (χ2n) is 3.90. The third-order valence-electron chi connectivity index (χ3n) is 2.72. The molecule has 0 radical (unpaired) electrons. The first-order valence-electron chi connectivity index (χ1n) is 5.82. The number of hydrogen-bond acceptors (Lipinski definition) is 3. The van der Waals surface area contributed by atoms with Gasteiger partial charge in [0.1, 0.15) is 0 Å². The second kappa shape index (κ2) is 4.57. The molecule has 0 aromatic carbocycles. The minimum atomic E-state index is -0.292. The van der Waals surface area contributed by atoms with Crippen molar-refractivity contribution in [2.24, 2.45) is 0 Å². The van der Waals surface area contributed by atoms with Crippen LogP contribution >= 0.6 is 0 Å². The lowest BCUT2D eigenvalue weighted by molar-refractivity contribution is 0.0528. The van der Waals surface area contributed by atoms with E-state index in [1.807, 2.05) is 26.0 Å². The van der Waals surface area contributed by atoms with Crippen LogP contribution in [0, 0.1) is 6.92 Å². The third-order valence-corrected chi connectivity index (χ3v) is 2.72. The van der Waals surface area contributed by atoms with Crippen LogP contribution in [0.1, 0.15) is 35.6 Å². The molecule has 2 rings (SSSR count). The normalized spacial score (nSPS) is 10.8. The molecule has 0 saturated carbocycles. The summed E-state index contributed by atoms with van der Waals surface area (Å²) >= 11 is 0. The Morgan fingerprint density at radius 3 is 2.82 bits per heavy atom. The molecule has 0 atom stereocenters. The fraction of sp³-hybridized carbons (Fsp3) is 0.385. The molecule has 0 amide bonds. The Kier molecular flexibility index (Phi) is 3.13. The van der Waals surface area contributed by atoms with Crippen molar-refractivity contribution in [3.63, 3.8) is 0 Å². The maximum Gasteiger partial charge on any atom is 0.340 e. The number of rotatable bonds is 3. The Balaban J connectivity index is 2.60. The zero-order chi connectivity index (χ0) is 12.4. The van der Waals surface area contributed by atoms with Gasteiger partial charge in [0.25, 0.3) is 0 Å². The van der Waals surface area contributed by atoms with E-state index in [0.717, 1.165) is 23.3 Å². The number of carbonyl (C=O) groups is 1. The SMILES string of the molecule is CCOC(=O)c1ccc(C)n2nc(CC)cc12. The van der Waals surface area contributed by atoms with E-state index in [-0.39, 0.29) is 5.97 Å². The van der Waals surface area contributed by atoms with Crippen LogP contribution in [0.2, 0.25) is 0 Å². The van der Waals surface area contributed by atoms with E-state index in [1.54, 1.807) is 17.5 Å². The number of hydrogen-bond donors (Lipinski definition) is 0. The zero-order valence-corrected chi connectivity index (χ0v) is 10.4. The van der Waals surface area contributed by atoms with E-state index < -0.39 is 0 Å². The van der Waals surface area contributed by atoms with E-state index in [2.05, 4.69) is 5.10 Å². The van der Waals surface area contributed by atoms with E-state index >= 15 is 0 Å². The van der Waals surface area contributed by atoms with E-state index in [9.17, 15) is 4.79 Å². The van der Waals surface area contributed by atoms with Gasteiger partial charge < -0.3 is 4.74 Å². The number of esters is 1. The molecule has 0 aliphatic carbocycles. The minimum absolute atomic E-state index is 0.292. The number of nitrogens with zero attached hydrogens (tertiary/aromatic N) is 2. The number of aromatic nitrogens is 2. The quantitative estimate of drug-likeness (QED) is 0.763. The zero-order valence-electron chi connectivity index (χ0n) is 10.4. The molecule has 90 valence electrons. The van der Waals surface area contributed by atoms with Crippen LogP contribution in [0.25, 0.3) is 5.52 Å². The van der Waals surface area contributed by atoms with Crippen molar-refractivity contribution >= 4 is 11.5 Å². The first-order valence-corrected chi connectivity index (χ1v) is 5.82. The van der Waals surface area contributed by atoms with Gasteiger partial charge in [-0.3, -0.25) is 0 Å². The standard InChI is InChI=1S/C13H16N2O2/c1-4-10-8-12-11(13(16)17-5-2)7-6-9(3)15(12)14-10/h6-8H,4-5H2,1-3H3. The Labute approximate surface area is 100 Å². The molecule has 0 bridgehead atoms. The lowest BCUT2D eigenvalue weighted by atomic mass is 10.2. The van der Waals surface area contributed by atoms with Crippen LogP contribution in [0.5, 0.6) is 0 Å². The fourth-order valence-corrected chi connectivity index (χ4v) is 1.80. The topological polar surface area (TPSA) is 43.6 Å². The van der Waals surface area contributed by atoms with Gasteiger partial charge in [-0.05, 0) is 38.5 Å². The molecule has 0 N–H and O–H groups in total. The van der Waals surface area contributed by atoms with Gasteiger partial charge in [-0.15, -0.1) is 0 Å². The lowest BCUT2D eigenvalue weighted by Crippen LogP contribution is -2.07. The molecule has 0 spiro atoms. The summed E-state index contributed by atoms with van der Waals surface area (Å²) < 4.78 is 6.84. The molecular weight excluding hydrogens is 216 g/mol. The average molecular weight is 232 g/mol. The van der Waals surface area contributed by atoms with Gasteiger partial charge in [0, 0.05) is 5.69 Å². The maximum absolute atomic E-state index is 11.8. The van der Waals surface area contributed by atoms with Gasteiger partial charge >= 0.3 is 5.97 Å². The Morgan fingerprint density at radius 1 is 1.41 bits per heavy atom. The molecule has 2 aromatic heterocycles. The summed E-state index contributed by atoms with van der Waals surface area (Å²) in [4.78, 5) is 11.8. The van der Waals surface area contributed by atoms with Crippen LogP contribution < -0.4 is 0 Å². The van der Waals surface area contributed by atoms with E-state index in [0.29, 0.717) is 12.2 Å². The van der Waals surface area contributed by atoms with Crippen LogP contribution in [0.4, 0.5) is 0 Å². The summed E-state index contributed by atoms with van der Waals surface area (Å²) in [5.41, 5.74) is 3.38. The second-order valence-corrected chi connectivity index (χ2v) is 3.90. The molecule has 2 aromatic rings. The molecule has 4 heteroatoms. The number of carbonyl (C=O) groups excluding carboxylic acids is 1. The molecule has 0 unspecified atom stereocenters. The van der Waals surface area contributed by atoms with Gasteiger partial charge in [-0.2, -0.15) is 5.10 Å². The maximum atomic E-state index is 11.8. The smallest absolute Gasteiger partial charge is 0.340 e. The molecule has 2 heterocycles. The van der Waals surface area contributed by atoms with Crippen molar-refractivity contribution in [2.75, 3.05) is 6.61 Å². The van der Waals surface area contributed by atoms with Gasteiger partial charge in [0.15, 0.2) is 0 Å². The van der Waals surface area contributed by atoms with Crippen LogP contribution in [-0.2, 0) is 11.2 Å². The molecule has 17 heavy (non-hydrogen) atoms. The third kappa shape index (κ3) is 2.02. The van der Waals surface area contributed by atoms with Crippen molar-refractivity contribution in [1.82, 2.24) is 9.61 Å². The summed E-state index contributed by atoms with van der Waals surface area (Å²) in [5.74, 6) is -0.292.